The molecule has 1 fully saturated rings. The number of aldehydes is 1. The van der Waals surface area contributed by atoms with Crippen LogP contribution in [0.1, 0.15) is 48.2 Å². The fraction of sp³-hybridized carbons (Fsp3) is 0.400. The first kappa shape index (κ1) is 22.3. The van der Waals surface area contributed by atoms with Crippen molar-refractivity contribution in [2.45, 2.75) is 42.5 Å². The number of carbonyl (C=O) groups is 2. The number of nitrogens with one attached hydrogen (secondary N) is 1. The van der Waals surface area contributed by atoms with Gasteiger partial charge in [-0.3, -0.25) is 9.59 Å². The summed E-state index contributed by atoms with van der Waals surface area (Å²) in [7, 11) is -3.51. The molecule has 10 heteroatoms. The lowest BCUT2D eigenvalue weighted by molar-refractivity contribution is -0.122. The second kappa shape index (κ2) is 8.79. The Bertz CT molecular complexity index is 1050. The number of nitrogens with two attached hydrogens (primary N) is 1. The highest BCUT2D eigenvalue weighted by molar-refractivity contribution is 7.90. The van der Waals surface area contributed by atoms with Crippen molar-refractivity contribution in [3.05, 3.63) is 46.9 Å². The molecule has 1 atom stereocenters. The van der Waals surface area contributed by atoms with Gasteiger partial charge in [0.2, 0.25) is 5.91 Å². The lowest BCUT2D eigenvalue weighted by Gasteiger charge is -2.31. The van der Waals surface area contributed by atoms with Gasteiger partial charge in [-0.1, -0.05) is 43.4 Å². The molecule has 1 amide bonds. The van der Waals surface area contributed by atoms with E-state index >= 15 is 0 Å². The Labute approximate surface area is 180 Å². The van der Waals surface area contributed by atoms with Gasteiger partial charge in [0.1, 0.15) is 11.2 Å². The summed E-state index contributed by atoms with van der Waals surface area (Å²) >= 11 is 6.21. The molecule has 3 N–H and O–H groups in total. The molecule has 1 unspecified atom stereocenters. The molecule has 1 aliphatic carbocycles. The molecule has 8 nitrogen and oxygen atoms in total. The minimum absolute atomic E-state index is 0.0131. The zero-order chi connectivity index (χ0) is 21.9. The molecule has 1 saturated carbocycles. The third-order valence-electron chi connectivity index (χ3n) is 5.37. The molecule has 30 heavy (non-hydrogen) atoms. The molecule has 0 aliphatic heterocycles. The molecule has 3 rings (SSSR count). The van der Waals surface area contributed by atoms with Crippen molar-refractivity contribution in [1.82, 2.24) is 9.97 Å². The van der Waals surface area contributed by atoms with Gasteiger partial charge in [0.25, 0.3) is 0 Å². The van der Waals surface area contributed by atoms with E-state index in [1.54, 1.807) is 0 Å². The van der Waals surface area contributed by atoms with E-state index in [1.165, 1.54) is 30.6 Å². The van der Waals surface area contributed by atoms with E-state index in [9.17, 15) is 18.0 Å². The number of hydrogen-bond donors (Lipinski definition) is 2. The molecule has 1 aliphatic rings. The fourth-order valence-electron chi connectivity index (χ4n) is 3.78. The first-order valence-electron chi connectivity index (χ1n) is 9.51. The minimum Gasteiger partial charge on any atom is -0.314 e. The average molecular weight is 451 g/mol. The van der Waals surface area contributed by atoms with Gasteiger partial charge in [0, 0.05) is 6.26 Å². The van der Waals surface area contributed by atoms with Crippen molar-refractivity contribution in [3.63, 3.8) is 0 Å². The van der Waals surface area contributed by atoms with Crippen molar-refractivity contribution in [3.8, 4) is 0 Å². The molecule has 1 aromatic carbocycles. The van der Waals surface area contributed by atoms with E-state index < -0.39 is 21.3 Å². The van der Waals surface area contributed by atoms with Crippen LogP contribution in [0.2, 0.25) is 5.02 Å². The smallest absolute Gasteiger partial charge is 0.250 e. The summed E-state index contributed by atoms with van der Waals surface area (Å²) in [4.78, 5) is 31.8. The maximum atomic E-state index is 13.2. The number of halogens is 1. The van der Waals surface area contributed by atoms with Crippen LogP contribution in [-0.2, 0) is 20.2 Å². The third kappa shape index (κ3) is 4.85. The van der Waals surface area contributed by atoms with Crippen LogP contribution in [0.25, 0.3) is 0 Å². The molecule has 160 valence electrons. The summed E-state index contributed by atoms with van der Waals surface area (Å²) in [6.45, 7) is 0. The van der Waals surface area contributed by atoms with Crippen LogP contribution >= 0.6 is 11.6 Å². The Hall–Kier alpha value is -2.36. The highest BCUT2D eigenvalue weighted by Crippen LogP contribution is 2.37. The van der Waals surface area contributed by atoms with Crippen LogP contribution in [0.3, 0.4) is 0 Å². The highest BCUT2D eigenvalue weighted by atomic mass is 35.5. The van der Waals surface area contributed by atoms with Crippen LogP contribution in [0.5, 0.6) is 0 Å². The molecule has 0 spiro atoms. The number of amides is 1. The maximum absolute atomic E-state index is 13.2. The molecule has 0 radical (unpaired) electrons. The predicted octanol–water partition coefficient (Wildman–Crippen LogP) is 2.72. The zero-order valence-corrected chi connectivity index (χ0v) is 18.0. The Balaban J connectivity index is 1.96. The fourth-order valence-corrected chi connectivity index (χ4v) is 5.11. The van der Waals surface area contributed by atoms with Gasteiger partial charge in [0.05, 0.1) is 22.3 Å². The Kier molecular flexibility index (Phi) is 6.54. The summed E-state index contributed by atoms with van der Waals surface area (Å²) in [6, 6.07) is 4.33. The summed E-state index contributed by atoms with van der Waals surface area (Å²) in [5.41, 5.74) is 5.76. The number of sulfone groups is 1. The van der Waals surface area contributed by atoms with E-state index in [-0.39, 0.29) is 27.3 Å². The lowest BCUT2D eigenvalue weighted by atomic mass is 9.80. The zero-order valence-electron chi connectivity index (χ0n) is 16.5. The van der Waals surface area contributed by atoms with Crippen LogP contribution in [0, 0.1) is 5.92 Å². The van der Waals surface area contributed by atoms with Gasteiger partial charge in [0.15, 0.2) is 21.9 Å². The second-order valence-electron chi connectivity index (χ2n) is 7.64. The van der Waals surface area contributed by atoms with Crippen molar-refractivity contribution in [2.75, 3.05) is 11.6 Å². The second-order valence-corrected chi connectivity index (χ2v) is 10.0. The van der Waals surface area contributed by atoms with Crippen molar-refractivity contribution in [2.24, 2.45) is 11.7 Å². The molecule has 0 saturated heterocycles. The molecule has 1 aromatic heterocycles. The van der Waals surface area contributed by atoms with Crippen molar-refractivity contribution >= 4 is 39.4 Å². The maximum Gasteiger partial charge on any atom is 0.250 e. The summed E-state index contributed by atoms with van der Waals surface area (Å²) in [5, 5.41) is 2.67. The standard InChI is InChI=1S/C20H23ClN4O4S/c1-30(28,29)17-7-6-14(8-16(17)21)20(22,9-13-4-2-3-5-13)19(27)25-18-11-23-15(12-26)10-24-18/h6-8,10-13H,2-5,9,22H2,1H3,(H,24,25,27). The van der Waals surface area contributed by atoms with Gasteiger partial charge in [-0.25, -0.2) is 18.4 Å². The summed E-state index contributed by atoms with van der Waals surface area (Å²) < 4.78 is 23.8. The van der Waals surface area contributed by atoms with Crippen molar-refractivity contribution in [1.29, 1.82) is 0 Å². The highest BCUT2D eigenvalue weighted by Gasteiger charge is 2.40. The first-order chi connectivity index (χ1) is 14.1. The molecular weight excluding hydrogens is 428 g/mol. The Morgan fingerprint density at radius 3 is 2.53 bits per heavy atom. The van der Waals surface area contributed by atoms with Crippen LogP contribution < -0.4 is 11.1 Å². The molecule has 1 heterocycles. The number of benzene rings is 1. The van der Waals surface area contributed by atoms with Gasteiger partial charge >= 0.3 is 0 Å². The monoisotopic (exact) mass is 450 g/mol. The van der Waals surface area contributed by atoms with E-state index in [0.29, 0.717) is 18.3 Å². The van der Waals surface area contributed by atoms with E-state index in [1.807, 2.05) is 0 Å². The molecular formula is C20H23ClN4O4S. The number of nitrogens with zero attached hydrogens (tertiary/aromatic N) is 2. The van der Waals surface area contributed by atoms with Gasteiger partial charge < -0.3 is 11.1 Å². The van der Waals surface area contributed by atoms with E-state index in [0.717, 1.165) is 31.9 Å². The van der Waals surface area contributed by atoms with Gasteiger partial charge in [-0.05, 0) is 30.0 Å². The Morgan fingerprint density at radius 1 is 1.30 bits per heavy atom. The average Bonchev–Trinajstić information content (AvgIpc) is 3.20. The summed E-state index contributed by atoms with van der Waals surface area (Å²) in [5.74, 6) is -0.0888. The number of carbonyl (C=O) groups excluding carboxylic acids is 2. The number of hydrogen-bond acceptors (Lipinski definition) is 7. The largest absolute Gasteiger partial charge is 0.314 e. The van der Waals surface area contributed by atoms with Crippen LogP contribution in [0.15, 0.2) is 35.5 Å². The number of rotatable bonds is 7. The van der Waals surface area contributed by atoms with Crippen molar-refractivity contribution < 1.29 is 18.0 Å². The number of aromatic nitrogens is 2. The van der Waals surface area contributed by atoms with E-state index in [2.05, 4.69) is 15.3 Å². The third-order valence-corrected chi connectivity index (χ3v) is 6.95. The van der Waals surface area contributed by atoms with E-state index in [4.69, 9.17) is 17.3 Å². The number of anilines is 1. The van der Waals surface area contributed by atoms with Gasteiger partial charge in [-0.15, -0.1) is 0 Å². The SMILES string of the molecule is CS(=O)(=O)c1ccc(C(N)(CC2CCCC2)C(=O)Nc2cnc(C=O)cn2)cc1Cl. The summed E-state index contributed by atoms with van der Waals surface area (Å²) in [6.07, 6.45) is 8.61. The van der Waals surface area contributed by atoms with Crippen LogP contribution in [-0.4, -0.2) is 36.8 Å². The lowest BCUT2D eigenvalue weighted by Crippen LogP contribution is -2.49. The predicted molar refractivity (Wildman–Crippen MR) is 113 cm³/mol. The molecule has 2 aromatic rings. The van der Waals surface area contributed by atoms with Crippen LogP contribution in [0.4, 0.5) is 5.82 Å². The topological polar surface area (TPSA) is 132 Å². The quantitative estimate of drug-likeness (QED) is 0.619. The minimum atomic E-state index is -3.51. The first-order valence-corrected chi connectivity index (χ1v) is 11.8. The molecule has 0 bridgehead atoms. The van der Waals surface area contributed by atoms with Gasteiger partial charge in [-0.2, -0.15) is 0 Å². The normalized spacial score (nSPS) is 16.8. The Morgan fingerprint density at radius 2 is 2.00 bits per heavy atom.